The predicted octanol–water partition coefficient (Wildman–Crippen LogP) is 2.16. The molecule has 1 N–H and O–H groups in total. The molecule has 0 fully saturated rings. The number of nitrogens with zero attached hydrogens (tertiary/aromatic N) is 1. The number of aromatic nitrogens is 1. The Morgan fingerprint density at radius 2 is 1.72 bits per heavy atom. The number of carboxylic acid groups (broad SMARTS) is 1. The van der Waals surface area contributed by atoms with Gasteiger partial charge in [-0.3, -0.25) is 4.79 Å². The molecule has 0 aliphatic rings. The Labute approximate surface area is 104 Å². The van der Waals surface area contributed by atoms with Gasteiger partial charge in [-0.2, -0.15) is 0 Å². The molecule has 4 nitrogen and oxygen atoms in total. The van der Waals surface area contributed by atoms with Gasteiger partial charge in [-0.25, -0.2) is 4.79 Å². The highest BCUT2D eigenvalue weighted by molar-refractivity contribution is 6.05. The van der Waals surface area contributed by atoms with Gasteiger partial charge in [0.25, 0.3) is 5.56 Å². The van der Waals surface area contributed by atoms with Crippen molar-refractivity contribution >= 4 is 16.9 Å². The average Bonchev–Trinajstić information content (AvgIpc) is 2.30. The molecule has 0 amide bonds. The Bertz CT molecular complexity index is 726. The Morgan fingerprint density at radius 1 is 1.17 bits per heavy atom. The van der Waals surface area contributed by atoms with Gasteiger partial charge in [-0.15, -0.1) is 0 Å². The summed E-state index contributed by atoms with van der Waals surface area (Å²) < 4.78 is 1.53. The van der Waals surface area contributed by atoms with E-state index >= 15 is 0 Å². The first-order valence-electron chi connectivity index (χ1n) is 5.69. The van der Waals surface area contributed by atoms with Crippen molar-refractivity contribution in [3.63, 3.8) is 0 Å². The Hall–Kier alpha value is -2.10. The number of rotatable bonds is 1. The fraction of sp³-hybridized carbons (Fsp3) is 0.286. The van der Waals surface area contributed by atoms with Crippen molar-refractivity contribution in [3.8, 4) is 0 Å². The van der Waals surface area contributed by atoms with Crippen LogP contribution in [0, 0.1) is 20.8 Å². The standard InChI is InChI=1S/C14H15NO3/c1-7-5-6-8(2)12-10(7)11(14(17)18)9(3)13(16)15(12)4/h5-6H,1-4H3,(H,17,18). The van der Waals surface area contributed by atoms with E-state index in [-0.39, 0.29) is 16.7 Å². The summed E-state index contributed by atoms with van der Waals surface area (Å²) >= 11 is 0. The third-order valence-electron chi connectivity index (χ3n) is 3.39. The van der Waals surface area contributed by atoms with Gasteiger partial charge in [0.1, 0.15) is 0 Å². The number of benzene rings is 1. The summed E-state index contributed by atoms with van der Waals surface area (Å²) in [5, 5.41) is 10.0. The SMILES string of the molecule is Cc1c(C(=O)O)c2c(C)ccc(C)c2n(C)c1=O. The second-order valence-corrected chi connectivity index (χ2v) is 4.59. The third kappa shape index (κ3) is 1.53. The van der Waals surface area contributed by atoms with E-state index in [1.807, 2.05) is 26.0 Å². The number of aryl methyl sites for hydroxylation is 3. The summed E-state index contributed by atoms with van der Waals surface area (Å²) in [7, 11) is 1.68. The zero-order valence-electron chi connectivity index (χ0n) is 10.9. The number of pyridine rings is 1. The van der Waals surface area contributed by atoms with E-state index in [9.17, 15) is 14.7 Å². The van der Waals surface area contributed by atoms with Gasteiger partial charge in [-0.1, -0.05) is 12.1 Å². The molecule has 0 saturated heterocycles. The van der Waals surface area contributed by atoms with Gasteiger partial charge in [0.15, 0.2) is 0 Å². The molecule has 4 heteroatoms. The predicted molar refractivity (Wildman–Crippen MR) is 70.4 cm³/mol. The van der Waals surface area contributed by atoms with E-state index < -0.39 is 5.97 Å². The zero-order chi connectivity index (χ0) is 13.6. The van der Waals surface area contributed by atoms with Crippen LogP contribution in [0.4, 0.5) is 0 Å². The maximum atomic E-state index is 12.1. The third-order valence-corrected chi connectivity index (χ3v) is 3.39. The molecule has 94 valence electrons. The fourth-order valence-electron chi connectivity index (χ4n) is 2.46. The number of hydrogen-bond donors (Lipinski definition) is 1. The zero-order valence-corrected chi connectivity index (χ0v) is 10.9. The molecule has 0 atom stereocenters. The van der Waals surface area contributed by atoms with Crippen LogP contribution in [0.25, 0.3) is 10.9 Å². The van der Waals surface area contributed by atoms with Gasteiger partial charge in [0.2, 0.25) is 0 Å². The number of carboxylic acids is 1. The van der Waals surface area contributed by atoms with Crippen LogP contribution in [0.1, 0.15) is 27.0 Å². The quantitative estimate of drug-likeness (QED) is 0.837. The lowest BCUT2D eigenvalue weighted by Gasteiger charge is -2.14. The topological polar surface area (TPSA) is 59.3 Å². The van der Waals surface area contributed by atoms with E-state index in [1.165, 1.54) is 4.57 Å². The first kappa shape index (κ1) is 12.4. The second kappa shape index (κ2) is 3.98. The molecule has 0 aliphatic heterocycles. The largest absolute Gasteiger partial charge is 0.478 e. The minimum Gasteiger partial charge on any atom is -0.478 e. The lowest BCUT2D eigenvalue weighted by atomic mass is 9.97. The summed E-state index contributed by atoms with van der Waals surface area (Å²) in [5.74, 6) is -1.05. The molecule has 1 aromatic carbocycles. The van der Waals surface area contributed by atoms with Gasteiger partial charge in [0, 0.05) is 18.0 Å². The highest BCUT2D eigenvalue weighted by Gasteiger charge is 2.19. The van der Waals surface area contributed by atoms with Crippen LogP contribution in [0.5, 0.6) is 0 Å². The molecular formula is C14H15NO3. The van der Waals surface area contributed by atoms with E-state index in [4.69, 9.17) is 0 Å². The van der Waals surface area contributed by atoms with Crippen molar-refractivity contribution < 1.29 is 9.90 Å². The number of fused-ring (bicyclic) bond motifs is 1. The number of carbonyl (C=O) groups is 1. The Kier molecular flexibility index (Phi) is 2.73. The van der Waals surface area contributed by atoms with Crippen LogP contribution < -0.4 is 5.56 Å². The van der Waals surface area contributed by atoms with Gasteiger partial charge >= 0.3 is 5.97 Å². The molecule has 18 heavy (non-hydrogen) atoms. The van der Waals surface area contributed by atoms with Gasteiger partial charge in [-0.05, 0) is 31.9 Å². The molecule has 1 aromatic heterocycles. The summed E-state index contributed by atoms with van der Waals surface area (Å²) in [6.45, 7) is 5.30. The molecule has 0 saturated carbocycles. The van der Waals surface area contributed by atoms with Crippen molar-refractivity contribution in [1.29, 1.82) is 0 Å². The second-order valence-electron chi connectivity index (χ2n) is 4.59. The molecular weight excluding hydrogens is 230 g/mol. The van der Waals surface area contributed by atoms with Crippen LogP contribution in [-0.2, 0) is 7.05 Å². The highest BCUT2D eigenvalue weighted by atomic mass is 16.4. The molecule has 0 unspecified atom stereocenters. The fourth-order valence-corrected chi connectivity index (χ4v) is 2.46. The van der Waals surface area contributed by atoms with E-state index in [1.54, 1.807) is 14.0 Å². The number of aromatic carboxylic acids is 1. The molecule has 0 bridgehead atoms. The Balaban J connectivity index is 3.23. The average molecular weight is 245 g/mol. The number of hydrogen-bond acceptors (Lipinski definition) is 2. The highest BCUT2D eigenvalue weighted by Crippen LogP contribution is 2.25. The minimum atomic E-state index is -1.05. The van der Waals surface area contributed by atoms with Crippen molar-refractivity contribution in [2.24, 2.45) is 7.05 Å². The molecule has 1 heterocycles. The monoisotopic (exact) mass is 245 g/mol. The lowest BCUT2D eigenvalue weighted by Crippen LogP contribution is -2.24. The van der Waals surface area contributed by atoms with Crippen LogP contribution in [0.3, 0.4) is 0 Å². The van der Waals surface area contributed by atoms with Crippen molar-refractivity contribution in [1.82, 2.24) is 4.57 Å². The van der Waals surface area contributed by atoms with Crippen LogP contribution in [0.15, 0.2) is 16.9 Å². The smallest absolute Gasteiger partial charge is 0.336 e. The van der Waals surface area contributed by atoms with E-state index in [0.717, 1.165) is 11.1 Å². The molecule has 0 spiro atoms. The summed E-state index contributed by atoms with van der Waals surface area (Å²) in [6.07, 6.45) is 0. The summed E-state index contributed by atoms with van der Waals surface area (Å²) in [4.78, 5) is 23.5. The minimum absolute atomic E-state index is 0.120. The van der Waals surface area contributed by atoms with Crippen LogP contribution in [-0.4, -0.2) is 15.6 Å². The first-order chi connectivity index (χ1) is 8.36. The molecule has 0 aliphatic carbocycles. The van der Waals surface area contributed by atoms with Gasteiger partial charge < -0.3 is 9.67 Å². The van der Waals surface area contributed by atoms with Crippen molar-refractivity contribution in [2.75, 3.05) is 0 Å². The van der Waals surface area contributed by atoms with Gasteiger partial charge in [0.05, 0.1) is 11.1 Å². The summed E-state index contributed by atoms with van der Waals surface area (Å²) in [6, 6.07) is 3.78. The van der Waals surface area contributed by atoms with E-state index in [0.29, 0.717) is 10.9 Å². The van der Waals surface area contributed by atoms with Crippen LogP contribution >= 0.6 is 0 Å². The lowest BCUT2D eigenvalue weighted by molar-refractivity contribution is 0.0698. The normalized spacial score (nSPS) is 10.9. The van der Waals surface area contributed by atoms with Crippen molar-refractivity contribution in [2.45, 2.75) is 20.8 Å². The maximum absolute atomic E-state index is 12.1. The molecule has 0 radical (unpaired) electrons. The Morgan fingerprint density at radius 3 is 2.28 bits per heavy atom. The molecule has 2 aromatic rings. The summed E-state index contributed by atoms with van der Waals surface area (Å²) in [5.41, 5.74) is 2.61. The van der Waals surface area contributed by atoms with Crippen LogP contribution in [0.2, 0.25) is 0 Å². The first-order valence-corrected chi connectivity index (χ1v) is 5.69. The van der Waals surface area contributed by atoms with Crippen molar-refractivity contribution in [3.05, 3.63) is 44.7 Å². The molecule has 2 rings (SSSR count). The van der Waals surface area contributed by atoms with E-state index in [2.05, 4.69) is 0 Å². The maximum Gasteiger partial charge on any atom is 0.336 e.